The van der Waals surface area contributed by atoms with Gasteiger partial charge in [0.05, 0.1) is 24.7 Å². The van der Waals surface area contributed by atoms with E-state index in [1.54, 1.807) is 45.3 Å². The van der Waals surface area contributed by atoms with Crippen LogP contribution in [0.25, 0.3) is 0 Å². The normalized spacial score (nSPS) is 15.3. The van der Waals surface area contributed by atoms with Crippen molar-refractivity contribution >= 4 is 29.0 Å². The van der Waals surface area contributed by atoms with Gasteiger partial charge in [0.1, 0.15) is 29.5 Å². The summed E-state index contributed by atoms with van der Waals surface area (Å²) in [5, 5.41) is 0. The summed E-state index contributed by atoms with van der Waals surface area (Å²) in [6.07, 6.45) is 3.71. The lowest BCUT2D eigenvalue weighted by Crippen LogP contribution is -2.45. The molecule has 0 unspecified atom stereocenters. The number of piperidine rings is 1. The molecule has 3 aromatic rings. The molecule has 1 aromatic heterocycles. The topological polar surface area (TPSA) is 67.8 Å². The largest absolute Gasteiger partial charge is 0.458 e. The van der Waals surface area contributed by atoms with E-state index in [1.165, 1.54) is 12.1 Å². The number of rotatable bonds is 8. The summed E-state index contributed by atoms with van der Waals surface area (Å²) in [4.78, 5) is 24.8. The van der Waals surface area contributed by atoms with E-state index in [0.717, 1.165) is 5.69 Å². The molecule has 9 heteroatoms. The minimum Gasteiger partial charge on any atom is -0.458 e. The highest BCUT2D eigenvalue weighted by molar-refractivity contribution is 5.74. The molecule has 2 heterocycles. The predicted octanol–water partition coefficient (Wildman–Crippen LogP) is 5.75. The maximum absolute atomic E-state index is 15.4. The zero-order chi connectivity index (χ0) is 26.5. The van der Waals surface area contributed by atoms with Crippen molar-refractivity contribution in [2.45, 2.75) is 44.9 Å². The van der Waals surface area contributed by atoms with Gasteiger partial charge in [-0.2, -0.15) is 0 Å². The number of ether oxygens (including phenoxy) is 2. The molecule has 1 fully saturated rings. The summed E-state index contributed by atoms with van der Waals surface area (Å²) < 4.78 is 40.0. The first-order valence-electron chi connectivity index (χ1n) is 12.3. The van der Waals surface area contributed by atoms with Crippen LogP contribution in [0, 0.1) is 5.82 Å². The Kier molecular flexibility index (Phi) is 8.02. The third kappa shape index (κ3) is 7.22. The second-order valence-electron chi connectivity index (χ2n) is 10.1. The second-order valence-corrected chi connectivity index (χ2v) is 10.1. The Bertz CT molecular complexity index is 1200. The Hall–Kier alpha value is -3.59. The van der Waals surface area contributed by atoms with Gasteiger partial charge in [-0.05, 0) is 51.1 Å². The van der Waals surface area contributed by atoms with Gasteiger partial charge in [0.25, 0.3) is 0 Å². The number of carbonyl (C=O) groups excluding carboxylic acids is 1. The van der Waals surface area contributed by atoms with E-state index in [-0.39, 0.29) is 31.9 Å². The smallest absolute Gasteiger partial charge is 0.332 e. The minimum atomic E-state index is -1.54. The lowest BCUT2D eigenvalue weighted by Gasteiger charge is -2.37. The molecule has 1 saturated heterocycles. The summed E-state index contributed by atoms with van der Waals surface area (Å²) >= 11 is 0. The van der Waals surface area contributed by atoms with Gasteiger partial charge in [-0.15, -0.1) is 0 Å². The molecule has 0 spiro atoms. The molecule has 4 rings (SSSR count). The van der Waals surface area contributed by atoms with E-state index in [9.17, 15) is 9.18 Å². The summed E-state index contributed by atoms with van der Waals surface area (Å²) in [5.41, 5.74) is -0.731. The summed E-state index contributed by atoms with van der Waals surface area (Å²) in [5.74, 6) is 0.257. The minimum absolute atomic E-state index is 0.173. The molecular weight excluding hydrogens is 478 g/mol. The van der Waals surface area contributed by atoms with Crippen LogP contribution in [0.1, 0.15) is 33.6 Å². The monoisotopic (exact) mass is 510 g/mol. The molecule has 0 N–H and O–H groups in total. The molecule has 0 atom stereocenters. The van der Waals surface area contributed by atoms with Crippen molar-refractivity contribution in [1.82, 2.24) is 9.97 Å². The fourth-order valence-corrected chi connectivity index (χ4v) is 4.18. The lowest BCUT2D eigenvalue weighted by molar-refractivity contribution is -0.161. The van der Waals surface area contributed by atoms with Crippen LogP contribution in [0.15, 0.2) is 67.0 Å². The highest BCUT2D eigenvalue weighted by atomic mass is 19.1. The molecule has 2 aromatic carbocycles. The molecule has 1 aliphatic heterocycles. The average molecular weight is 511 g/mol. The fraction of sp³-hybridized carbons (Fsp3) is 0.393. The van der Waals surface area contributed by atoms with Crippen molar-refractivity contribution in [2.24, 2.45) is 0 Å². The summed E-state index contributed by atoms with van der Waals surface area (Å²) in [7, 11) is 0. The predicted molar refractivity (Wildman–Crippen MR) is 139 cm³/mol. The molecule has 0 aliphatic carbocycles. The first-order chi connectivity index (χ1) is 17.6. The maximum Gasteiger partial charge on any atom is 0.332 e. The van der Waals surface area contributed by atoms with Gasteiger partial charge in [-0.25, -0.2) is 18.6 Å². The van der Waals surface area contributed by atoms with Crippen LogP contribution in [0.5, 0.6) is 0 Å². The first-order valence-corrected chi connectivity index (χ1v) is 12.3. The number of para-hydroxylation sites is 1. The first kappa shape index (κ1) is 26.5. The van der Waals surface area contributed by atoms with Gasteiger partial charge in [0.2, 0.25) is 0 Å². The van der Waals surface area contributed by atoms with Crippen LogP contribution in [0.3, 0.4) is 0 Å². The van der Waals surface area contributed by atoms with Crippen LogP contribution < -0.4 is 9.80 Å². The van der Waals surface area contributed by atoms with Crippen LogP contribution in [0.4, 0.5) is 31.8 Å². The van der Waals surface area contributed by atoms with Gasteiger partial charge < -0.3 is 14.4 Å². The number of esters is 1. The van der Waals surface area contributed by atoms with E-state index in [1.807, 2.05) is 40.1 Å². The Labute approximate surface area is 216 Å². The fourth-order valence-electron chi connectivity index (χ4n) is 4.18. The number of hydrogen-bond acceptors (Lipinski definition) is 7. The molecular formula is C28H32F2N4O3. The molecule has 7 nitrogen and oxygen atoms in total. The van der Waals surface area contributed by atoms with Crippen LogP contribution >= 0.6 is 0 Å². The van der Waals surface area contributed by atoms with Crippen molar-refractivity contribution in [2.75, 3.05) is 36.1 Å². The van der Waals surface area contributed by atoms with Gasteiger partial charge in [0, 0.05) is 31.6 Å². The molecule has 0 radical (unpaired) electrons. The van der Waals surface area contributed by atoms with Gasteiger partial charge in [-0.1, -0.05) is 24.3 Å². The van der Waals surface area contributed by atoms with Crippen LogP contribution in [-0.2, 0) is 14.3 Å². The summed E-state index contributed by atoms with van der Waals surface area (Å²) in [6, 6.07) is 15.8. The highest BCUT2D eigenvalue weighted by Crippen LogP contribution is 2.35. The van der Waals surface area contributed by atoms with Crippen LogP contribution in [0.2, 0.25) is 0 Å². The molecule has 37 heavy (non-hydrogen) atoms. The Balaban J connectivity index is 1.44. The number of anilines is 4. The molecule has 0 saturated carbocycles. The third-order valence-corrected chi connectivity index (χ3v) is 5.90. The Morgan fingerprint density at radius 3 is 2.43 bits per heavy atom. The van der Waals surface area contributed by atoms with Crippen molar-refractivity contribution < 1.29 is 23.0 Å². The number of carbonyl (C=O) groups is 1. The molecule has 0 bridgehead atoms. The Morgan fingerprint density at radius 1 is 1.05 bits per heavy atom. The zero-order valence-corrected chi connectivity index (χ0v) is 21.4. The van der Waals surface area contributed by atoms with Crippen LogP contribution in [-0.4, -0.2) is 53.5 Å². The number of halogens is 2. The molecule has 196 valence electrons. The van der Waals surface area contributed by atoms with Gasteiger partial charge >= 0.3 is 5.97 Å². The standard InChI is InChI=1S/C28H32F2N4O3/c1-27(2,3)37-26(35)19-36-20-28(30)12-14-33(15-13-28)24-17-31-18-25(32-24)34(22-9-5-4-6-10-22)23-11-7-8-21(29)16-23/h4-11,16-18H,12-15,19-20H2,1-3H3. The van der Waals surface area contributed by atoms with E-state index < -0.39 is 17.2 Å². The van der Waals surface area contributed by atoms with E-state index in [4.69, 9.17) is 14.5 Å². The van der Waals surface area contributed by atoms with Crippen molar-refractivity contribution in [3.63, 3.8) is 0 Å². The zero-order valence-electron chi connectivity index (χ0n) is 21.4. The second kappa shape index (κ2) is 11.2. The number of hydrogen-bond donors (Lipinski definition) is 0. The van der Waals surface area contributed by atoms with E-state index in [2.05, 4.69) is 4.98 Å². The van der Waals surface area contributed by atoms with Crippen molar-refractivity contribution in [3.8, 4) is 0 Å². The number of benzene rings is 2. The molecule has 0 amide bonds. The number of nitrogens with zero attached hydrogens (tertiary/aromatic N) is 4. The summed E-state index contributed by atoms with van der Waals surface area (Å²) in [6.45, 7) is 5.68. The maximum atomic E-state index is 15.4. The quantitative estimate of drug-likeness (QED) is 0.357. The van der Waals surface area contributed by atoms with Crippen molar-refractivity contribution in [1.29, 1.82) is 0 Å². The Morgan fingerprint density at radius 2 is 1.76 bits per heavy atom. The highest BCUT2D eigenvalue weighted by Gasteiger charge is 2.36. The van der Waals surface area contributed by atoms with E-state index >= 15 is 4.39 Å². The van der Waals surface area contributed by atoms with Crippen molar-refractivity contribution in [3.05, 3.63) is 72.8 Å². The lowest BCUT2D eigenvalue weighted by atomic mass is 9.94. The SMILES string of the molecule is CC(C)(C)OC(=O)COCC1(F)CCN(c2cncc(N(c3ccccc3)c3cccc(F)c3)n2)CC1. The van der Waals surface area contributed by atoms with E-state index in [0.29, 0.717) is 30.4 Å². The van der Waals surface area contributed by atoms with Gasteiger partial charge in [0.15, 0.2) is 5.82 Å². The third-order valence-electron chi connectivity index (χ3n) is 5.90. The number of aromatic nitrogens is 2. The number of alkyl halides is 1. The van der Waals surface area contributed by atoms with Gasteiger partial charge in [-0.3, -0.25) is 9.88 Å². The average Bonchev–Trinajstić information content (AvgIpc) is 2.84. The molecule has 1 aliphatic rings.